The lowest BCUT2D eigenvalue weighted by Crippen LogP contribution is -2.03. The van der Waals surface area contributed by atoms with Gasteiger partial charge in [0, 0.05) is 7.11 Å². The van der Waals surface area contributed by atoms with E-state index in [4.69, 9.17) is 14.2 Å². The van der Waals surface area contributed by atoms with Gasteiger partial charge in [0.05, 0.1) is 38.3 Å². The molecule has 0 aliphatic rings. The van der Waals surface area contributed by atoms with Gasteiger partial charge in [-0.1, -0.05) is 0 Å². The van der Waals surface area contributed by atoms with E-state index in [1.807, 2.05) is 11.3 Å². The molecule has 92 valence electrons. The first-order valence-corrected chi connectivity index (χ1v) is 5.17. The standard InChI is InChI=1S/C11H15N3O3/c1-7-8(6-15-2)14-10(17-4)5-9(16-3)13-11(14)12-7/h5H,6H2,1-4H3. The van der Waals surface area contributed by atoms with E-state index in [0.29, 0.717) is 24.1 Å². The molecule has 0 saturated carbocycles. The molecule has 6 nitrogen and oxygen atoms in total. The largest absolute Gasteiger partial charge is 0.482 e. The molecule has 0 bridgehead atoms. The van der Waals surface area contributed by atoms with Crippen LogP contribution in [0.2, 0.25) is 0 Å². The van der Waals surface area contributed by atoms with Gasteiger partial charge in [-0.05, 0) is 6.92 Å². The minimum atomic E-state index is 0.456. The first kappa shape index (κ1) is 11.7. The zero-order chi connectivity index (χ0) is 12.4. The summed E-state index contributed by atoms with van der Waals surface area (Å²) in [5.74, 6) is 1.65. The van der Waals surface area contributed by atoms with Crippen LogP contribution < -0.4 is 9.47 Å². The normalized spacial score (nSPS) is 10.8. The van der Waals surface area contributed by atoms with Gasteiger partial charge in [0.1, 0.15) is 0 Å². The van der Waals surface area contributed by atoms with Crippen molar-refractivity contribution in [3.05, 3.63) is 17.5 Å². The van der Waals surface area contributed by atoms with E-state index in [2.05, 4.69) is 9.97 Å². The summed E-state index contributed by atoms with van der Waals surface area (Å²) >= 11 is 0. The van der Waals surface area contributed by atoms with Crippen LogP contribution in [0.3, 0.4) is 0 Å². The van der Waals surface area contributed by atoms with E-state index in [-0.39, 0.29) is 0 Å². The number of aromatic nitrogens is 3. The number of ether oxygens (including phenoxy) is 3. The maximum Gasteiger partial charge on any atom is 0.240 e. The molecule has 2 aromatic heterocycles. The van der Waals surface area contributed by atoms with Crippen LogP contribution in [0.25, 0.3) is 5.78 Å². The molecule has 0 saturated heterocycles. The molecule has 0 radical (unpaired) electrons. The Morgan fingerprint density at radius 1 is 1.18 bits per heavy atom. The van der Waals surface area contributed by atoms with Crippen molar-refractivity contribution in [3.63, 3.8) is 0 Å². The first-order chi connectivity index (χ1) is 8.21. The predicted molar refractivity (Wildman–Crippen MR) is 61.5 cm³/mol. The lowest BCUT2D eigenvalue weighted by atomic mass is 10.3. The van der Waals surface area contributed by atoms with Gasteiger partial charge in [0.25, 0.3) is 0 Å². The molecule has 6 heteroatoms. The summed E-state index contributed by atoms with van der Waals surface area (Å²) in [6.45, 7) is 2.37. The molecule has 2 rings (SSSR count). The van der Waals surface area contributed by atoms with Crippen molar-refractivity contribution in [2.24, 2.45) is 0 Å². The van der Waals surface area contributed by atoms with E-state index in [1.165, 1.54) is 0 Å². The van der Waals surface area contributed by atoms with Crippen molar-refractivity contribution >= 4 is 5.78 Å². The van der Waals surface area contributed by atoms with E-state index < -0.39 is 0 Å². The van der Waals surface area contributed by atoms with Crippen LogP contribution >= 0.6 is 0 Å². The fourth-order valence-corrected chi connectivity index (χ4v) is 1.72. The van der Waals surface area contributed by atoms with E-state index in [0.717, 1.165) is 11.4 Å². The van der Waals surface area contributed by atoms with E-state index in [9.17, 15) is 0 Å². The number of hydrogen-bond acceptors (Lipinski definition) is 5. The maximum atomic E-state index is 5.32. The van der Waals surface area contributed by atoms with Gasteiger partial charge in [0.15, 0.2) is 0 Å². The second kappa shape index (κ2) is 4.58. The van der Waals surface area contributed by atoms with Crippen LogP contribution in [0, 0.1) is 6.92 Å². The number of imidazole rings is 1. The maximum absolute atomic E-state index is 5.32. The van der Waals surface area contributed by atoms with Gasteiger partial charge in [0.2, 0.25) is 17.5 Å². The third kappa shape index (κ3) is 1.91. The molecule has 0 N–H and O–H groups in total. The molecule has 0 aliphatic heterocycles. The van der Waals surface area contributed by atoms with Gasteiger partial charge in [-0.15, -0.1) is 0 Å². The number of rotatable bonds is 4. The summed E-state index contributed by atoms with van der Waals surface area (Å²) < 4.78 is 17.4. The zero-order valence-electron chi connectivity index (χ0n) is 10.4. The van der Waals surface area contributed by atoms with Crippen LogP contribution in [0.1, 0.15) is 11.4 Å². The molecule has 0 amide bonds. The summed E-state index contributed by atoms with van der Waals surface area (Å²) in [7, 11) is 4.80. The highest BCUT2D eigenvalue weighted by Crippen LogP contribution is 2.23. The highest BCUT2D eigenvalue weighted by Gasteiger charge is 2.15. The van der Waals surface area contributed by atoms with E-state index >= 15 is 0 Å². The first-order valence-electron chi connectivity index (χ1n) is 5.17. The van der Waals surface area contributed by atoms with Crippen molar-refractivity contribution < 1.29 is 14.2 Å². The van der Waals surface area contributed by atoms with Crippen molar-refractivity contribution in [3.8, 4) is 11.8 Å². The van der Waals surface area contributed by atoms with E-state index in [1.54, 1.807) is 27.4 Å². The second-order valence-corrected chi connectivity index (χ2v) is 3.55. The second-order valence-electron chi connectivity index (χ2n) is 3.55. The Labute approximate surface area is 99.2 Å². The number of hydrogen-bond donors (Lipinski definition) is 0. The third-order valence-corrected chi connectivity index (χ3v) is 2.53. The van der Waals surface area contributed by atoms with Crippen LogP contribution in [-0.4, -0.2) is 35.7 Å². The SMILES string of the molecule is COCc1c(C)nc2nc(OC)cc(OC)n12. The highest BCUT2D eigenvalue weighted by atomic mass is 16.5. The van der Waals surface area contributed by atoms with Crippen molar-refractivity contribution in [1.82, 2.24) is 14.4 Å². The fourth-order valence-electron chi connectivity index (χ4n) is 1.72. The predicted octanol–water partition coefficient (Wildman–Crippen LogP) is 1.20. The average molecular weight is 237 g/mol. The lowest BCUT2D eigenvalue weighted by molar-refractivity contribution is 0.179. The molecule has 0 spiro atoms. The van der Waals surface area contributed by atoms with Crippen molar-refractivity contribution in [1.29, 1.82) is 0 Å². The van der Waals surface area contributed by atoms with Gasteiger partial charge >= 0.3 is 0 Å². The quantitative estimate of drug-likeness (QED) is 0.799. The van der Waals surface area contributed by atoms with Crippen LogP contribution in [-0.2, 0) is 11.3 Å². The smallest absolute Gasteiger partial charge is 0.240 e. The highest BCUT2D eigenvalue weighted by molar-refractivity contribution is 5.43. The number of nitrogens with zero attached hydrogens (tertiary/aromatic N) is 3. The Hall–Kier alpha value is -1.82. The molecular formula is C11H15N3O3. The summed E-state index contributed by atoms with van der Waals surface area (Å²) in [4.78, 5) is 8.62. The molecule has 17 heavy (non-hydrogen) atoms. The van der Waals surface area contributed by atoms with Crippen molar-refractivity contribution in [2.45, 2.75) is 13.5 Å². The van der Waals surface area contributed by atoms with Gasteiger partial charge < -0.3 is 14.2 Å². The lowest BCUT2D eigenvalue weighted by Gasteiger charge is -2.08. The van der Waals surface area contributed by atoms with Gasteiger partial charge in [-0.3, -0.25) is 0 Å². The molecular weight excluding hydrogens is 222 g/mol. The number of aryl methyl sites for hydroxylation is 1. The summed E-state index contributed by atoms with van der Waals surface area (Å²) in [6, 6.07) is 1.72. The minimum Gasteiger partial charge on any atom is -0.482 e. The monoisotopic (exact) mass is 237 g/mol. The number of fused-ring (bicyclic) bond motifs is 1. The average Bonchev–Trinajstić information content (AvgIpc) is 2.65. The Morgan fingerprint density at radius 2 is 1.94 bits per heavy atom. The molecule has 0 aliphatic carbocycles. The Bertz CT molecular complexity index is 536. The molecule has 0 aromatic carbocycles. The number of methoxy groups -OCH3 is 3. The topological polar surface area (TPSA) is 57.9 Å². The van der Waals surface area contributed by atoms with Gasteiger partial charge in [-0.2, -0.15) is 4.98 Å². The van der Waals surface area contributed by atoms with Crippen LogP contribution in [0.5, 0.6) is 11.8 Å². The Morgan fingerprint density at radius 3 is 2.53 bits per heavy atom. The third-order valence-electron chi connectivity index (χ3n) is 2.53. The molecule has 2 aromatic rings. The summed E-state index contributed by atoms with van der Waals surface area (Å²) in [5.41, 5.74) is 1.79. The van der Waals surface area contributed by atoms with Crippen LogP contribution in [0.4, 0.5) is 0 Å². The molecule has 0 atom stereocenters. The Balaban J connectivity index is 2.71. The molecule has 0 unspecified atom stereocenters. The minimum absolute atomic E-state index is 0.456. The van der Waals surface area contributed by atoms with Crippen molar-refractivity contribution in [2.75, 3.05) is 21.3 Å². The van der Waals surface area contributed by atoms with Gasteiger partial charge in [-0.25, -0.2) is 9.38 Å². The summed E-state index contributed by atoms with van der Waals surface area (Å²) in [6.07, 6.45) is 0. The molecule has 2 heterocycles. The summed E-state index contributed by atoms with van der Waals surface area (Å²) in [5, 5.41) is 0. The van der Waals surface area contributed by atoms with Crippen LogP contribution in [0.15, 0.2) is 6.07 Å². The Kier molecular flexibility index (Phi) is 3.14. The fraction of sp³-hybridized carbons (Fsp3) is 0.455. The molecule has 0 fully saturated rings. The zero-order valence-corrected chi connectivity index (χ0v) is 10.4.